The van der Waals surface area contributed by atoms with E-state index < -0.39 is 0 Å². The van der Waals surface area contributed by atoms with Crippen LogP contribution in [0.3, 0.4) is 0 Å². The monoisotopic (exact) mass is 399 g/mol. The molecule has 4 nitrogen and oxygen atoms in total. The SMILES string of the molecule is CC(C)c1cc(-c2ccno2)c(OCc2ccccc2)cc1OCc1ccccc1. The van der Waals surface area contributed by atoms with E-state index in [1.807, 2.05) is 60.7 Å². The second-order valence-electron chi connectivity index (χ2n) is 7.47. The van der Waals surface area contributed by atoms with Gasteiger partial charge in [0.1, 0.15) is 24.7 Å². The minimum absolute atomic E-state index is 0.278. The van der Waals surface area contributed by atoms with E-state index in [4.69, 9.17) is 14.0 Å². The van der Waals surface area contributed by atoms with Gasteiger partial charge in [0, 0.05) is 12.1 Å². The Balaban J connectivity index is 1.67. The molecule has 1 aromatic heterocycles. The molecule has 0 aliphatic heterocycles. The molecule has 0 fully saturated rings. The second-order valence-corrected chi connectivity index (χ2v) is 7.47. The summed E-state index contributed by atoms with van der Waals surface area (Å²) in [5.74, 6) is 2.48. The zero-order valence-corrected chi connectivity index (χ0v) is 17.2. The van der Waals surface area contributed by atoms with Gasteiger partial charge in [-0.15, -0.1) is 0 Å². The summed E-state index contributed by atoms with van der Waals surface area (Å²) in [5, 5.41) is 3.87. The minimum Gasteiger partial charge on any atom is -0.488 e. The van der Waals surface area contributed by atoms with Crippen LogP contribution in [0.2, 0.25) is 0 Å². The zero-order chi connectivity index (χ0) is 20.8. The van der Waals surface area contributed by atoms with Gasteiger partial charge in [-0.3, -0.25) is 0 Å². The van der Waals surface area contributed by atoms with Crippen molar-refractivity contribution in [3.05, 3.63) is 102 Å². The molecule has 0 saturated heterocycles. The molecule has 152 valence electrons. The van der Waals surface area contributed by atoms with Gasteiger partial charge < -0.3 is 14.0 Å². The molecule has 0 bridgehead atoms. The van der Waals surface area contributed by atoms with Crippen LogP contribution in [-0.2, 0) is 13.2 Å². The summed E-state index contributed by atoms with van der Waals surface area (Å²) in [6.45, 7) is 5.26. The van der Waals surface area contributed by atoms with Crippen molar-refractivity contribution in [2.24, 2.45) is 0 Å². The van der Waals surface area contributed by atoms with E-state index in [1.54, 1.807) is 6.20 Å². The highest BCUT2D eigenvalue weighted by atomic mass is 16.5. The Morgan fingerprint density at radius 2 is 1.37 bits per heavy atom. The summed E-state index contributed by atoms with van der Waals surface area (Å²) in [5.41, 5.74) is 4.20. The molecule has 0 unspecified atom stereocenters. The van der Waals surface area contributed by atoms with Crippen LogP contribution in [0.5, 0.6) is 11.5 Å². The van der Waals surface area contributed by atoms with Gasteiger partial charge in [0.05, 0.1) is 11.8 Å². The van der Waals surface area contributed by atoms with Crippen molar-refractivity contribution >= 4 is 0 Å². The average Bonchev–Trinajstić information content (AvgIpc) is 3.32. The Bertz CT molecular complexity index is 1060. The Morgan fingerprint density at radius 3 is 1.90 bits per heavy atom. The van der Waals surface area contributed by atoms with E-state index in [0.717, 1.165) is 28.0 Å². The molecule has 0 atom stereocenters. The maximum atomic E-state index is 6.22. The summed E-state index contributed by atoms with van der Waals surface area (Å²) in [6.07, 6.45) is 1.64. The van der Waals surface area contributed by atoms with E-state index in [1.165, 1.54) is 0 Å². The fourth-order valence-electron chi connectivity index (χ4n) is 3.29. The highest BCUT2D eigenvalue weighted by molar-refractivity contribution is 5.69. The normalized spacial score (nSPS) is 10.9. The highest BCUT2D eigenvalue weighted by Gasteiger charge is 2.18. The molecule has 0 spiro atoms. The molecule has 30 heavy (non-hydrogen) atoms. The summed E-state index contributed by atoms with van der Waals surface area (Å²) in [7, 11) is 0. The van der Waals surface area contributed by atoms with E-state index >= 15 is 0 Å². The molecular weight excluding hydrogens is 374 g/mol. The van der Waals surface area contributed by atoms with Gasteiger partial charge in [0.2, 0.25) is 0 Å². The predicted molar refractivity (Wildman–Crippen MR) is 118 cm³/mol. The van der Waals surface area contributed by atoms with Crippen molar-refractivity contribution in [3.8, 4) is 22.8 Å². The number of benzene rings is 3. The molecule has 0 radical (unpaired) electrons. The van der Waals surface area contributed by atoms with Gasteiger partial charge in [0.15, 0.2) is 5.76 Å². The third kappa shape index (κ3) is 4.71. The van der Waals surface area contributed by atoms with Gasteiger partial charge in [-0.05, 0) is 28.7 Å². The second kappa shape index (κ2) is 9.31. The van der Waals surface area contributed by atoms with Gasteiger partial charge >= 0.3 is 0 Å². The van der Waals surface area contributed by atoms with Gasteiger partial charge in [-0.25, -0.2) is 0 Å². The molecular formula is C26H25NO3. The molecule has 3 aromatic carbocycles. The van der Waals surface area contributed by atoms with Gasteiger partial charge in [0.25, 0.3) is 0 Å². The topological polar surface area (TPSA) is 44.5 Å². The number of hydrogen-bond donors (Lipinski definition) is 0. The lowest BCUT2D eigenvalue weighted by Gasteiger charge is -2.19. The standard InChI is InChI=1S/C26H25NO3/c1-19(2)22-15-23(24-13-14-27-30-24)26(29-18-21-11-7-4-8-12-21)16-25(22)28-17-20-9-5-3-6-10-20/h3-16,19H,17-18H2,1-2H3. The molecule has 0 amide bonds. The Hall–Kier alpha value is -3.53. The van der Waals surface area contributed by atoms with E-state index in [9.17, 15) is 0 Å². The van der Waals surface area contributed by atoms with Crippen molar-refractivity contribution < 1.29 is 14.0 Å². The molecule has 0 saturated carbocycles. The quantitative estimate of drug-likeness (QED) is 0.334. The molecule has 4 heteroatoms. The number of aromatic nitrogens is 1. The highest BCUT2D eigenvalue weighted by Crippen LogP contribution is 2.39. The third-order valence-electron chi connectivity index (χ3n) is 4.91. The Kier molecular flexibility index (Phi) is 6.14. The smallest absolute Gasteiger partial charge is 0.170 e. The molecule has 0 N–H and O–H groups in total. The summed E-state index contributed by atoms with van der Waals surface area (Å²) < 4.78 is 17.9. The van der Waals surface area contributed by atoms with Crippen LogP contribution in [-0.4, -0.2) is 5.16 Å². The summed E-state index contributed by atoms with van der Waals surface area (Å²) in [4.78, 5) is 0. The van der Waals surface area contributed by atoms with Crippen LogP contribution in [0.4, 0.5) is 0 Å². The first-order chi connectivity index (χ1) is 14.7. The number of nitrogens with zero attached hydrogens (tertiary/aromatic N) is 1. The molecule has 0 aliphatic rings. The van der Waals surface area contributed by atoms with Crippen molar-refractivity contribution in [1.82, 2.24) is 5.16 Å². The Morgan fingerprint density at radius 1 is 0.767 bits per heavy atom. The first-order valence-electron chi connectivity index (χ1n) is 10.1. The van der Waals surface area contributed by atoms with Crippen LogP contribution in [0.1, 0.15) is 36.5 Å². The minimum atomic E-state index is 0.278. The zero-order valence-electron chi connectivity index (χ0n) is 17.2. The van der Waals surface area contributed by atoms with Crippen LogP contribution in [0.25, 0.3) is 11.3 Å². The third-order valence-corrected chi connectivity index (χ3v) is 4.91. The van der Waals surface area contributed by atoms with E-state index in [0.29, 0.717) is 24.7 Å². The van der Waals surface area contributed by atoms with Crippen LogP contribution < -0.4 is 9.47 Å². The first-order valence-corrected chi connectivity index (χ1v) is 10.1. The van der Waals surface area contributed by atoms with E-state index in [2.05, 4.69) is 37.2 Å². The first kappa shape index (κ1) is 19.8. The van der Waals surface area contributed by atoms with Crippen molar-refractivity contribution in [2.45, 2.75) is 33.0 Å². The molecule has 4 rings (SSSR count). The van der Waals surface area contributed by atoms with Crippen molar-refractivity contribution in [2.75, 3.05) is 0 Å². The van der Waals surface area contributed by atoms with Crippen molar-refractivity contribution in [1.29, 1.82) is 0 Å². The summed E-state index contributed by atoms with van der Waals surface area (Å²) in [6, 6.07) is 26.2. The lowest BCUT2D eigenvalue weighted by atomic mass is 9.97. The number of hydrogen-bond acceptors (Lipinski definition) is 4. The van der Waals surface area contributed by atoms with Crippen molar-refractivity contribution in [3.63, 3.8) is 0 Å². The lowest BCUT2D eigenvalue weighted by molar-refractivity contribution is 0.287. The van der Waals surface area contributed by atoms with Crippen LogP contribution in [0.15, 0.2) is 89.6 Å². The van der Waals surface area contributed by atoms with Gasteiger partial charge in [-0.1, -0.05) is 79.7 Å². The van der Waals surface area contributed by atoms with Crippen LogP contribution in [0, 0.1) is 0 Å². The fraction of sp³-hybridized carbons (Fsp3) is 0.192. The van der Waals surface area contributed by atoms with E-state index in [-0.39, 0.29) is 5.92 Å². The summed E-state index contributed by atoms with van der Waals surface area (Å²) >= 11 is 0. The lowest BCUT2D eigenvalue weighted by Crippen LogP contribution is -2.03. The fourth-order valence-corrected chi connectivity index (χ4v) is 3.29. The van der Waals surface area contributed by atoms with Gasteiger partial charge in [-0.2, -0.15) is 0 Å². The number of ether oxygens (including phenoxy) is 2. The largest absolute Gasteiger partial charge is 0.488 e. The maximum Gasteiger partial charge on any atom is 0.170 e. The molecule has 0 aliphatic carbocycles. The Labute approximate surface area is 177 Å². The van der Waals surface area contributed by atoms with Crippen LogP contribution >= 0.6 is 0 Å². The molecule has 1 heterocycles. The average molecular weight is 399 g/mol. The predicted octanol–water partition coefficient (Wildman–Crippen LogP) is 6.62. The molecule has 4 aromatic rings. The number of rotatable bonds is 8. The maximum absolute atomic E-state index is 6.22.